The molecule has 2 nitrogen and oxygen atoms in total. The van der Waals surface area contributed by atoms with E-state index in [1.807, 2.05) is 0 Å². The Kier molecular flexibility index (Phi) is 3.74. The van der Waals surface area contributed by atoms with Crippen LogP contribution in [-0.2, 0) is 4.74 Å². The zero-order chi connectivity index (χ0) is 10.0. The molecule has 0 saturated carbocycles. The van der Waals surface area contributed by atoms with Gasteiger partial charge in [0.2, 0.25) is 0 Å². The molecule has 1 heterocycles. The number of ether oxygens (including phenoxy) is 1. The van der Waals surface area contributed by atoms with Crippen LogP contribution < -0.4 is 0 Å². The van der Waals surface area contributed by atoms with Crippen molar-refractivity contribution in [3.05, 3.63) is 0 Å². The molecule has 1 rings (SSSR count). The van der Waals surface area contributed by atoms with E-state index in [2.05, 4.69) is 27.7 Å². The first kappa shape index (κ1) is 11.0. The monoisotopic (exact) mass is 186 g/mol. The first-order valence-corrected chi connectivity index (χ1v) is 5.32. The van der Waals surface area contributed by atoms with Gasteiger partial charge in [-0.1, -0.05) is 27.7 Å². The summed E-state index contributed by atoms with van der Waals surface area (Å²) in [5.41, 5.74) is 0. The third kappa shape index (κ3) is 2.68. The molecule has 0 aliphatic carbocycles. The van der Waals surface area contributed by atoms with Gasteiger partial charge in [-0.3, -0.25) is 0 Å². The van der Waals surface area contributed by atoms with Gasteiger partial charge in [-0.15, -0.1) is 0 Å². The third-order valence-corrected chi connectivity index (χ3v) is 2.83. The van der Waals surface area contributed by atoms with Gasteiger partial charge in [0.25, 0.3) is 0 Å². The van der Waals surface area contributed by atoms with E-state index in [-0.39, 0.29) is 12.2 Å². The molecule has 13 heavy (non-hydrogen) atoms. The van der Waals surface area contributed by atoms with Crippen molar-refractivity contribution in [1.82, 2.24) is 0 Å². The van der Waals surface area contributed by atoms with Gasteiger partial charge in [0, 0.05) is 5.92 Å². The molecule has 0 aromatic heterocycles. The largest absolute Gasteiger partial charge is 0.390 e. The lowest BCUT2D eigenvalue weighted by Gasteiger charge is -2.24. The highest BCUT2D eigenvalue weighted by molar-refractivity contribution is 4.85. The van der Waals surface area contributed by atoms with Crippen molar-refractivity contribution in [2.75, 3.05) is 6.61 Å². The Bertz CT molecular complexity index is 154. The van der Waals surface area contributed by atoms with Gasteiger partial charge in [-0.05, 0) is 18.3 Å². The summed E-state index contributed by atoms with van der Waals surface area (Å²) in [5.74, 6) is 1.50. The Labute approximate surface area is 81.3 Å². The topological polar surface area (TPSA) is 29.5 Å². The summed E-state index contributed by atoms with van der Waals surface area (Å²) >= 11 is 0. The molecule has 1 saturated heterocycles. The SMILES string of the molecule is CC(C)CC1OCC(O)C1C(C)C. The summed E-state index contributed by atoms with van der Waals surface area (Å²) in [6.07, 6.45) is 1.10. The van der Waals surface area contributed by atoms with Crippen LogP contribution in [0.4, 0.5) is 0 Å². The van der Waals surface area contributed by atoms with E-state index in [0.717, 1.165) is 6.42 Å². The minimum absolute atomic E-state index is 0.247. The van der Waals surface area contributed by atoms with E-state index in [4.69, 9.17) is 4.74 Å². The number of hydrogen-bond acceptors (Lipinski definition) is 2. The molecule has 3 unspecified atom stereocenters. The molecule has 0 aromatic carbocycles. The van der Waals surface area contributed by atoms with Crippen LogP contribution >= 0.6 is 0 Å². The average molecular weight is 186 g/mol. The smallest absolute Gasteiger partial charge is 0.0829 e. The molecular formula is C11H22O2. The highest BCUT2D eigenvalue weighted by Crippen LogP contribution is 2.31. The predicted molar refractivity (Wildman–Crippen MR) is 53.5 cm³/mol. The van der Waals surface area contributed by atoms with Gasteiger partial charge < -0.3 is 9.84 Å². The fourth-order valence-electron chi connectivity index (χ4n) is 2.26. The Morgan fingerprint density at radius 3 is 2.38 bits per heavy atom. The molecule has 0 amide bonds. The molecule has 78 valence electrons. The normalized spacial score (nSPS) is 34.8. The summed E-state index contributed by atoms with van der Waals surface area (Å²) in [6.45, 7) is 9.25. The molecule has 0 bridgehead atoms. The zero-order valence-corrected chi connectivity index (χ0v) is 9.16. The van der Waals surface area contributed by atoms with Crippen LogP contribution in [0.5, 0.6) is 0 Å². The van der Waals surface area contributed by atoms with Crippen LogP contribution in [0.3, 0.4) is 0 Å². The average Bonchev–Trinajstić information content (AvgIpc) is 2.30. The maximum Gasteiger partial charge on any atom is 0.0829 e. The van der Waals surface area contributed by atoms with Crippen LogP contribution in [0.1, 0.15) is 34.1 Å². The minimum Gasteiger partial charge on any atom is -0.390 e. The molecule has 1 aliphatic heterocycles. The Morgan fingerprint density at radius 1 is 1.31 bits per heavy atom. The van der Waals surface area contributed by atoms with E-state index in [1.165, 1.54) is 0 Å². The maximum absolute atomic E-state index is 9.72. The fraction of sp³-hybridized carbons (Fsp3) is 1.00. The first-order chi connectivity index (χ1) is 6.02. The van der Waals surface area contributed by atoms with Gasteiger partial charge in [0.05, 0.1) is 18.8 Å². The molecule has 3 atom stereocenters. The summed E-state index contributed by atoms with van der Waals surface area (Å²) in [4.78, 5) is 0. The quantitative estimate of drug-likeness (QED) is 0.731. The maximum atomic E-state index is 9.72. The lowest BCUT2D eigenvalue weighted by molar-refractivity contribution is 0.0625. The van der Waals surface area contributed by atoms with Crippen LogP contribution in [0.25, 0.3) is 0 Å². The molecule has 1 aliphatic rings. The summed E-state index contributed by atoms with van der Waals surface area (Å²) in [7, 11) is 0. The van der Waals surface area contributed by atoms with E-state index in [1.54, 1.807) is 0 Å². The van der Waals surface area contributed by atoms with Crippen molar-refractivity contribution >= 4 is 0 Å². The van der Waals surface area contributed by atoms with Crippen LogP contribution in [0.2, 0.25) is 0 Å². The Hall–Kier alpha value is -0.0800. The van der Waals surface area contributed by atoms with E-state index < -0.39 is 0 Å². The van der Waals surface area contributed by atoms with Crippen molar-refractivity contribution < 1.29 is 9.84 Å². The molecule has 0 radical (unpaired) electrons. The molecule has 1 N–H and O–H groups in total. The highest BCUT2D eigenvalue weighted by Gasteiger charge is 2.37. The van der Waals surface area contributed by atoms with Crippen LogP contribution in [-0.4, -0.2) is 23.9 Å². The number of hydrogen-bond donors (Lipinski definition) is 1. The fourth-order valence-corrected chi connectivity index (χ4v) is 2.26. The molecular weight excluding hydrogens is 164 g/mol. The van der Waals surface area contributed by atoms with Gasteiger partial charge in [0.1, 0.15) is 0 Å². The summed E-state index contributed by atoms with van der Waals surface area (Å²) in [6, 6.07) is 0. The molecule has 0 spiro atoms. The lowest BCUT2D eigenvalue weighted by atomic mass is 9.84. The number of aliphatic hydroxyl groups excluding tert-OH is 1. The second-order valence-electron chi connectivity index (χ2n) is 4.89. The Balaban J connectivity index is 2.54. The van der Waals surface area contributed by atoms with E-state index in [0.29, 0.717) is 24.4 Å². The standard InChI is InChI=1S/C11H22O2/c1-7(2)5-10-11(8(3)4)9(12)6-13-10/h7-12H,5-6H2,1-4H3. The second kappa shape index (κ2) is 4.43. The third-order valence-electron chi connectivity index (χ3n) is 2.83. The van der Waals surface area contributed by atoms with Crippen LogP contribution in [0.15, 0.2) is 0 Å². The highest BCUT2D eigenvalue weighted by atomic mass is 16.5. The summed E-state index contributed by atoms with van der Waals surface area (Å²) in [5, 5.41) is 9.72. The zero-order valence-electron chi connectivity index (χ0n) is 9.16. The molecule has 0 aromatic rings. The Morgan fingerprint density at radius 2 is 1.92 bits per heavy atom. The van der Waals surface area contributed by atoms with E-state index in [9.17, 15) is 5.11 Å². The van der Waals surface area contributed by atoms with Crippen molar-refractivity contribution in [1.29, 1.82) is 0 Å². The van der Waals surface area contributed by atoms with Crippen LogP contribution in [0, 0.1) is 17.8 Å². The van der Waals surface area contributed by atoms with Crippen molar-refractivity contribution in [2.45, 2.75) is 46.3 Å². The van der Waals surface area contributed by atoms with E-state index >= 15 is 0 Å². The minimum atomic E-state index is -0.247. The molecule has 1 fully saturated rings. The van der Waals surface area contributed by atoms with Gasteiger partial charge in [-0.2, -0.15) is 0 Å². The first-order valence-electron chi connectivity index (χ1n) is 5.32. The lowest BCUT2D eigenvalue weighted by Crippen LogP contribution is -2.29. The van der Waals surface area contributed by atoms with Crippen molar-refractivity contribution in [3.8, 4) is 0 Å². The van der Waals surface area contributed by atoms with Gasteiger partial charge in [-0.25, -0.2) is 0 Å². The second-order valence-corrected chi connectivity index (χ2v) is 4.89. The van der Waals surface area contributed by atoms with Gasteiger partial charge >= 0.3 is 0 Å². The number of rotatable bonds is 3. The van der Waals surface area contributed by atoms with Gasteiger partial charge in [0.15, 0.2) is 0 Å². The summed E-state index contributed by atoms with van der Waals surface area (Å²) < 4.78 is 5.60. The van der Waals surface area contributed by atoms with Crippen molar-refractivity contribution in [2.24, 2.45) is 17.8 Å². The van der Waals surface area contributed by atoms with Crippen molar-refractivity contribution in [3.63, 3.8) is 0 Å². The predicted octanol–water partition coefficient (Wildman–Crippen LogP) is 2.06. The molecule has 2 heteroatoms. The number of aliphatic hydroxyl groups is 1.